The highest BCUT2D eigenvalue weighted by Gasteiger charge is 2.42. The van der Waals surface area contributed by atoms with Gasteiger partial charge in [0.2, 0.25) is 31.9 Å². The standard InChI is InChI=1S/C58H70N10O10S2/c1-35(2)51(63-57(71)77-5)55(69)67-27-25-65(79(7,73)74)33-49(67)53-59-31-47(61-53)43-21-17-41(18-22-43)45-29-37-9-13-39(45)15-11-38-10-14-40(16-12-37)46(30-38)42-19-23-44(24-20-42)48-32-60-54(62-48)50-34-66(80(8,75)76)26-28-68(50)56(70)52(36(3)4)64-58(72)78-6/h9-10,13-14,17-24,29-32,35-36,49-52H,11-12,15-16,25-28,33-34H2,1-8H3,(H,59,61)(H,60,62)(H,63,71)(H,64,72)/t49-,50-,51-,52-/m0/s1. The van der Waals surface area contributed by atoms with E-state index in [2.05, 4.69) is 91.2 Å². The minimum atomic E-state index is -3.58. The topological polar surface area (TPSA) is 249 Å². The molecule has 20 nitrogen and oxygen atoms in total. The second-order valence-corrected chi connectivity index (χ2v) is 25.5. The minimum absolute atomic E-state index is 0.00191. The molecule has 0 radical (unpaired) electrons. The van der Waals surface area contributed by atoms with Crippen LogP contribution in [0.2, 0.25) is 0 Å². The van der Waals surface area contributed by atoms with Crippen LogP contribution in [-0.2, 0) is 64.8 Å². The second-order valence-electron chi connectivity index (χ2n) is 21.6. The number of H-pyrrole nitrogens is 2. The maximum Gasteiger partial charge on any atom is 0.407 e. The predicted octanol–water partition coefficient (Wildman–Crippen LogP) is 6.74. The van der Waals surface area contributed by atoms with Crippen LogP contribution in [0.1, 0.15) is 73.7 Å². The van der Waals surface area contributed by atoms with Crippen LogP contribution in [0.5, 0.6) is 0 Å². The van der Waals surface area contributed by atoms with Gasteiger partial charge in [0.1, 0.15) is 35.8 Å². The summed E-state index contributed by atoms with van der Waals surface area (Å²) in [5.74, 6) is -0.396. The van der Waals surface area contributed by atoms with Gasteiger partial charge in [-0.25, -0.2) is 36.4 Å². The zero-order chi connectivity index (χ0) is 57.2. The van der Waals surface area contributed by atoms with Crippen molar-refractivity contribution in [3.8, 4) is 44.8 Å². The van der Waals surface area contributed by atoms with Crippen molar-refractivity contribution in [1.29, 1.82) is 0 Å². The van der Waals surface area contributed by atoms with E-state index in [1.165, 1.54) is 45.1 Å². The number of hydrogen-bond acceptors (Lipinski definition) is 12. The van der Waals surface area contributed by atoms with E-state index in [1.54, 1.807) is 22.2 Å². The highest BCUT2D eigenvalue weighted by atomic mass is 32.2. The Kier molecular flexibility index (Phi) is 17.0. The molecule has 4 atom stereocenters. The van der Waals surface area contributed by atoms with Gasteiger partial charge in [-0.05, 0) is 93.2 Å². The number of carbonyl (C=O) groups is 4. The van der Waals surface area contributed by atoms with E-state index < -0.39 is 56.4 Å². The summed E-state index contributed by atoms with van der Waals surface area (Å²) >= 11 is 0. The molecule has 22 heteroatoms. The first-order chi connectivity index (χ1) is 38.1. The van der Waals surface area contributed by atoms with E-state index in [9.17, 15) is 36.0 Å². The first-order valence-electron chi connectivity index (χ1n) is 26.8. The SMILES string of the molecule is COC(=O)N[C@H](C(=O)N1CCN(S(C)(=O)=O)C[C@H]1c1ncc(-c2ccc(-c3cc4ccc3CCc3ccc(c(-c5ccc(-c6cnc([C@@H]7CN(S(C)(=O)=O)CCN7C(=O)[C@@H](NC(=O)OC)C(C)C)[nH]6)cc5)c3)CC4)cc2)[nH]1)C(C)C. The van der Waals surface area contributed by atoms with Crippen LogP contribution in [0.15, 0.2) is 97.3 Å². The zero-order valence-electron chi connectivity index (χ0n) is 46.4. The fourth-order valence-electron chi connectivity index (χ4n) is 10.9. The quantitative estimate of drug-likeness (QED) is 0.0886. The van der Waals surface area contributed by atoms with E-state index in [-0.39, 0.29) is 62.9 Å². The van der Waals surface area contributed by atoms with Gasteiger partial charge in [-0.3, -0.25) is 9.59 Å². The molecule has 0 spiro atoms. The molecular weight excluding hydrogens is 1060 g/mol. The lowest BCUT2D eigenvalue weighted by molar-refractivity contribution is -0.139. The van der Waals surface area contributed by atoms with Crippen molar-refractivity contribution in [2.45, 2.75) is 77.5 Å². The Labute approximate surface area is 467 Å². The molecule has 6 aliphatic rings. The van der Waals surface area contributed by atoms with E-state index >= 15 is 0 Å². The molecule has 80 heavy (non-hydrogen) atoms. The van der Waals surface area contributed by atoms with Gasteiger partial charge in [0.05, 0.1) is 50.5 Å². The fourth-order valence-corrected chi connectivity index (χ4v) is 12.6. The Morgan fingerprint density at radius 3 is 1.24 bits per heavy atom. The molecule has 4 heterocycles. The zero-order valence-corrected chi connectivity index (χ0v) is 48.0. The number of aromatic amines is 2. The third-order valence-corrected chi connectivity index (χ3v) is 18.1. The molecule has 2 aliphatic heterocycles. The number of nitrogens with one attached hydrogen (secondary N) is 4. The summed E-state index contributed by atoms with van der Waals surface area (Å²) in [5, 5.41) is 5.30. The molecule has 6 aromatic rings. The molecular formula is C58H70N10O10S2. The molecule has 4 aliphatic carbocycles. The Balaban J connectivity index is 0.909. The minimum Gasteiger partial charge on any atom is -0.453 e. The van der Waals surface area contributed by atoms with Gasteiger partial charge >= 0.3 is 12.2 Å². The van der Waals surface area contributed by atoms with Crippen LogP contribution in [0.25, 0.3) is 44.8 Å². The number of rotatable bonds is 14. The number of aromatic nitrogens is 4. The number of amides is 4. The van der Waals surface area contributed by atoms with E-state index in [0.29, 0.717) is 23.0 Å². The molecule has 4 amide bonds. The lowest BCUT2D eigenvalue weighted by Gasteiger charge is -2.41. The number of sulfonamides is 2. The van der Waals surface area contributed by atoms with E-state index in [0.717, 1.165) is 71.6 Å². The number of ether oxygens (including phenoxy) is 2. The van der Waals surface area contributed by atoms with Crippen molar-refractivity contribution in [2.75, 3.05) is 66.0 Å². The average Bonchev–Trinajstić information content (AvgIpc) is 4.15. The van der Waals surface area contributed by atoms with Gasteiger partial charge in [0.25, 0.3) is 0 Å². The predicted molar refractivity (Wildman–Crippen MR) is 304 cm³/mol. The molecule has 2 aromatic heterocycles. The van der Waals surface area contributed by atoms with Crippen molar-refractivity contribution in [3.05, 3.63) is 131 Å². The first kappa shape index (κ1) is 57.3. The third kappa shape index (κ3) is 12.6. The largest absolute Gasteiger partial charge is 0.453 e. The molecule has 0 saturated carbocycles. The normalized spacial score (nSPS) is 18.1. The van der Waals surface area contributed by atoms with E-state index in [1.807, 2.05) is 52.0 Å². The Hall–Kier alpha value is -7.40. The third-order valence-electron chi connectivity index (χ3n) is 15.5. The van der Waals surface area contributed by atoms with Gasteiger partial charge in [-0.15, -0.1) is 0 Å². The summed E-state index contributed by atoms with van der Waals surface area (Å²) in [6.45, 7) is 7.72. The summed E-state index contributed by atoms with van der Waals surface area (Å²) < 4.78 is 63.3. The summed E-state index contributed by atoms with van der Waals surface area (Å²) in [6.07, 6.45) is 7.46. The van der Waals surface area contributed by atoms with Crippen molar-refractivity contribution < 1.29 is 45.5 Å². The van der Waals surface area contributed by atoms with Gasteiger partial charge in [-0.2, -0.15) is 8.61 Å². The maximum atomic E-state index is 14.1. The van der Waals surface area contributed by atoms with Crippen LogP contribution in [-0.4, -0.2) is 157 Å². The second kappa shape index (κ2) is 23.7. The van der Waals surface area contributed by atoms with Gasteiger partial charge in [0.15, 0.2) is 0 Å². The number of imidazole rings is 2. The Bertz CT molecular complexity index is 3260. The van der Waals surface area contributed by atoms with E-state index in [4.69, 9.17) is 9.47 Å². The summed E-state index contributed by atoms with van der Waals surface area (Å²) in [6, 6.07) is 26.8. The average molecular weight is 1130 g/mol. The number of alkyl carbamates (subject to hydrolysis) is 2. The smallest absolute Gasteiger partial charge is 0.407 e. The van der Waals surface area contributed by atoms with Crippen molar-refractivity contribution >= 4 is 44.0 Å². The monoisotopic (exact) mass is 1130 g/mol. The lowest BCUT2D eigenvalue weighted by Crippen LogP contribution is -2.58. The number of piperazine rings is 2. The number of carbonyl (C=O) groups excluding carboxylic acids is 4. The molecule has 12 rings (SSSR count). The molecule has 2 fully saturated rings. The highest BCUT2D eigenvalue weighted by molar-refractivity contribution is 7.88. The highest BCUT2D eigenvalue weighted by Crippen LogP contribution is 2.36. The van der Waals surface area contributed by atoms with Crippen molar-refractivity contribution in [2.24, 2.45) is 11.8 Å². The fraction of sp³-hybridized carbons (Fsp3) is 0.414. The molecule has 4 N–H and O–H groups in total. The first-order valence-corrected chi connectivity index (χ1v) is 30.5. The summed E-state index contributed by atoms with van der Waals surface area (Å²) in [7, 11) is -4.70. The van der Waals surface area contributed by atoms with Gasteiger partial charge in [-0.1, -0.05) is 113 Å². The van der Waals surface area contributed by atoms with Crippen LogP contribution in [0, 0.1) is 11.8 Å². The maximum absolute atomic E-state index is 14.1. The lowest BCUT2D eigenvalue weighted by atomic mass is 9.87. The number of hydrogen-bond donors (Lipinski definition) is 4. The van der Waals surface area contributed by atoms with Crippen LogP contribution in [0.4, 0.5) is 9.59 Å². The number of methoxy groups -OCH3 is 2. The van der Waals surface area contributed by atoms with Crippen LogP contribution in [0.3, 0.4) is 0 Å². The Morgan fingerprint density at radius 2 is 0.900 bits per heavy atom. The molecule has 4 aromatic carbocycles. The van der Waals surface area contributed by atoms with Crippen LogP contribution >= 0.6 is 0 Å². The van der Waals surface area contributed by atoms with Crippen molar-refractivity contribution in [3.63, 3.8) is 0 Å². The molecule has 0 unspecified atom stereocenters. The number of nitrogens with zero attached hydrogens (tertiary/aromatic N) is 6. The van der Waals surface area contributed by atoms with Gasteiger partial charge in [0, 0.05) is 39.3 Å². The molecule has 4 bridgehead atoms. The molecule has 424 valence electrons. The van der Waals surface area contributed by atoms with Crippen LogP contribution < -0.4 is 10.6 Å². The molecule has 2 saturated heterocycles. The number of benzene rings is 4. The van der Waals surface area contributed by atoms with Crippen molar-refractivity contribution in [1.82, 2.24) is 49.0 Å². The summed E-state index contributed by atoms with van der Waals surface area (Å²) in [5.41, 5.74) is 12.5. The van der Waals surface area contributed by atoms with Gasteiger partial charge < -0.3 is 39.9 Å². The summed E-state index contributed by atoms with van der Waals surface area (Å²) in [4.78, 5) is 71.9. The number of aryl methyl sites for hydroxylation is 4. The Morgan fingerprint density at radius 1 is 0.537 bits per heavy atom.